The Hall–Kier alpha value is -2.91. The summed E-state index contributed by atoms with van der Waals surface area (Å²) in [6, 6.07) is 3.32. The molecule has 0 bridgehead atoms. The number of furan rings is 1. The molecular weight excluding hydrogens is 382 g/mol. The number of thiazole rings is 1. The lowest BCUT2D eigenvalue weighted by Gasteiger charge is -2.19. The van der Waals surface area contributed by atoms with E-state index in [1.165, 1.54) is 18.4 Å². The molecule has 0 fully saturated rings. The Labute approximate surface area is 165 Å². The number of aromatic nitrogens is 1. The van der Waals surface area contributed by atoms with Crippen LogP contribution in [0.3, 0.4) is 0 Å². The van der Waals surface area contributed by atoms with Crippen LogP contribution in [0.2, 0.25) is 0 Å². The lowest BCUT2D eigenvalue weighted by molar-refractivity contribution is -0.122. The summed E-state index contributed by atoms with van der Waals surface area (Å²) in [6.45, 7) is 3.27. The Morgan fingerprint density at radius 1 is 1.39 bits per heavy atom. The van der Waals surface area contributed by atoms with E-state index in [4.69, 9.17) is 14.9 Å². The van der Waals surface area contributed by atoms with Crippen LogP contribution in [0.5, 0.6) is 5.75 Å². The predicted octanol–water partition coefficient (Wildman–Crippen LogP) is 2.01. The zero-order valence-electron chi connectivity index (χ0n) is 15.7. The Morgan fingerprint density at radius 2 is 2.14 bits per heavy atom. The number of aryl methyl sites for hydroxylation is 2. The molecule has 9 heteroatoms. The minimum atomic E-state index is -0.957. The summed E-state index contributed by atoms with van der Waals surface area (Å²) in [5, 5.41) is 12.8. The van der Waals surface area contributed by atoms with Gasteiger partial charge in [-0.2, -0.15) is 0 Å². The molecule has 2 amide bonds. The molecule has 8 nitrogen and oxygen atoms in total. The lowest BCUT2D eigenvalue weighted by atomic mass is 9.92. The number of primary amides is 1. The van der Waals surface area contributed by atoms with Crippen LogP contribution >= 0.6 is 11.3 Å². The summed E-state index contributed by atoms with van der Waals surface area (Å²) in [7, 11) is 1.47. The molecule has 3 aromatic rings. The molecule has 2 heterocycles. The first-order chi connectivity index (χ1) is 13.4. The summed E-state index contributed by atoms with van der Waals surface area (Å²) < 4.78 is 11.6. The fraction of sp³-hybridized carbons (Fsp3) is 0.316. The highest BCUT2D eigenvalue weighted by Crippen LogP contribution is 2.39. The lowest BCUT2D eigenvalue weighted by Crippen LogP contribution is -2.29. The molecule has 1 aromatic carbocycles. The minimum Gasteiger partial charge on any atom is -0.488 e. The third kappa shape index (κ3) is 3.46. The maximum Gasteiger partial charge on any atom is 0.252 e. The number of hydrogen-bond acceptors (Lipinski definition) is 7. The zero-order valence-corrected chi connectivity index (χ0v) is 16.6. The highest BCUT2D eigenvalue weighted by Gasteiger charge is 2.30. The van der Waals surface area contributed by atoms with E-state index < -0.39 is 24.3 Å². The Balaban J connectivity index is 2.20. The highest BCUT2D eigenvalue weighted by molar-refractivity contribution is 7.09. The van der Waals surface area contributed by atoms with E-state index in [0.717, 1.165) is 10.6 Å². The van der Waals surface area contributed by atoms with Gasteiger partial charge in [0.2, 0.25) is 5.91 Å². The minimum absolute atomic E-state index is 0.173. The maximum absolute atomic E-state index is 12.4. The summed E-state index contributed by atoms with van der Waals surface area (Å²) in [4.78, 5) is 29.6. The van der Waals surface area contributed by atoms with Gasteiger partial charge in [0.1, 0.15) is 23.7 Å². The molecule has 0 saturated carbocycles. The molecule has 0 aliphatic carbocycles. The van der Waals surface area contributed by atoms with Crippen LogP contribution in [0.25, 0.3) is 11.0 Å². The number of nitrogens with one attached hydrogen (secondary N) is 1. The molecule has 1 unspecified atom stereocenters. The second kappa shape index (κ2) is 7.99. The first kappa shape index (κ1) is 19.8. The van der Waals surface area contributed by atoms with Gasteiger partial charge >= 0.3 is 0 Å². The van der Waals surface area contributed by atoms with E-state index in [1.807, 2.05) is 6.92 Å². The van der Waals surface area contributed by atoms with Crippen molar-refractivity contribution in [1.82, 2.24) is 10.3 Å². The van der Waals surface area contributed by atoms with Gasteiger partial charge in [-0.25, -0.2) is 4.98 Å². The molecule has 1 atom stereocenters. The second-order valence-corrected chi connectivity index (χ2v) is 7.19. The topological polar surface area (TPSA) is 128 Å². The van der Waals surface area contributed by atoms with Crippen molar-refractivity contribution >= 4 is 34.1 Å². The molecule has 0 aliphatic rings. The number of aliphatic hydroxyl groups excluding tert-OH is 1. The van der Waals surface area contributed by atoms with Crippen molar-refractivity contribution in [1.29, 1.82) is 0 Å². The largest absolute Gasteiger partial charge is 0.488 e. The third-order valence-electron chi connectivity index (χ3n) is 4.58. The van der Waals surface area contributed by atoms with Gasteiger partial charge in [0, 0.05) is 18.0 Å². The number of aliphatic hydroxyl groups is 1. The first-order valence-electron chi connectivity index (χ1n) is 8.59. The van der Waals surface area contributed by atoms with Crippen LogP contribution in [0.4, 0.5) is 0 Å². The molecular formula is C19H21N3O5S. The van der Waals surface area contributed by atoms with Crippen molar-refractivity contribution in [2.75, 3.05) is 13.7 Å². The van der Waals surface area contributed by atoms with E-state index in [1.54, 1.807) is 24.6 Å². The van der Waals surface area contributed by atoms with Gasteiger partial charge in [-0.15, -0.1) is 11.3 Å². The first-order valence-corrected chi connectivity index (χ1v) is 9.47. The van der Waals surface area contributed by atoms with Gasteiger partial charge in [0.25, 0.3) is 5.91 Å². The SMILES string of the molecule is CNC(=O)C(CO)c1c(OCc2scnc2C)ccc2oc(C)c(C(N)=O)c12. The second-order valence-electron chi connectivity index (χ2n) is 6.25. The number of fused-ring (bicyclic) bond motifs is 1. The molecule has 0 aliphatic heterocycles. The third-order valence-corrected chi connectivity index (χ3v) is 5.48. The van der Waals surface area contributed by atoms with E-state index in [9.17, 15) is 14.7 Å². The van der Waals surface area contributed by atoms with Crippen molar-refractivity contribution in [2.45, 2.75) is 26.4 Å². The van der Waals surface area contributed by atoms with Gasteiger partial charge < -0.3 is 25.3 Å². The Morgan fingerprint density at radius 3 is 2.71 bits per heavy atom. The standard InChI is InChI=1S/C19H21N3O5S/c1-9-14(28-8-22-9)7-26-12-4-5-13-17(15(18(20)24)10(2)27-13)16(12)11(6-23)19(25)21-3/h4-5,8,11,23H,6-7H2,1-3H3,(H2,20,24)(H,21,25). The van der Waals surface area contributed by atoms with E-state index in [2.05, 4.69) is 10.3 Å². The van der Waals surface area contributed by atoms with Gasteiger partial charge in [-0.3, -0.25) is 9.59 Å². The number of carbonyl (C=O) groups is 2. The van der Waals surface area contributed by atoms with E-state index >= 15 is 0 Å². The van der Waals surface area contributed by atoms with Crippen molar-refractivity contribution < 1.29 is 23.8 Å². The molecule has 0 spiro atoms. The molecule has 4 N–H and O–H groups in total. The van der Waals surface area contributed by atoms with Crippen LogP contribution in [0, 0.1) is 13.8 Å². The summed E-state index contributed by atoms with van der Waals surface area (Å²) in [5.41, 5.74) is 9.07. The van der Waals surface area contributed by atoms with Crippen LogP contribution in [0.15, 0.2) is 22.1 Å². The van der Waals surface area contributed by atoms with E-state index in [0.29, 0.717) is 28.0 Å². The molecule has 0 radical (unpaired) electrons. The number of likely N-dealkylation sites (N-methyl/N-ethyl adjacent to an activating group) is 1. The predicted molar refractivity (Wildman–Crippen MR) is 105 cm³/mol. The van der Waals surface area contributed by atoms with Crippen molar-refractivity contribution in [2.24, 2.45) is 5.73 Å². The van der Waals surface area contributed by atoms with Crippen molar-refractivity contribution in [3.05, 3.63) is 45.1 Å². The molecule has 148 valence electrons. The van der Waals surface area contributed by atoms with Gasteiger partial charge in [0.15, 0.2) is 0 Å². The highest BCUT2D eigenvalue weighted by atomic mass is 32.1. The Bertz CT molecular complexity index is 1040. The van der Waals surface area contributed by atoms with Crippen LogP contribution < -0.4 is 15.8 Å². The average molecular weight is 403 g/mol. The number of carbonyl (C=O) groups excluding carboxylic acids is 2. The number of amides is 2. The van der Waals surface area contributed by atoms with Crippen LogP contribution in [0.1, 0.15) is 38.2 Å². The van der Waals surface area contributed by atoms with Crippen molar-refractivity contribution in [3.8, 4) is 5.75 Å². The number of rotatable bonds is 7. The molecule has 0 saturated heterocycles. The monoisotopic (exact) mass is 403 g/mol. The summed E-state index contributed by atoms with van der Waals surface area (Å²) >= 11 is 1.46. The zero-order chi connectivity index (χ0) is 20.4. The number of benzene rings is 1. The van der Waals surface area contributed by atoms with Crippen LogP contribution in [-0.4, -0.2) is 35.6 Å². The number of nitrogens with zero attached hydrogens (tertiary/aromatic N) is 1. The van der Waals surface area contributed by atoms with Gasteiger partial charge in [-0.05, 0) is 26.0 Å². The fourth-order valence-corrected chi connectivity index (χ4v) is 3.86. The van der Waals surface area contributed by atoms with E-state index in [-0.39, 0.29) is 12.2 Å². The number of ether oxygens (including phenoxy) is 1. The normalized spacial score (nSPS) is 12.1. The summed E-state index contributed by atoms with van der Waals surface area (Å²) in [6.07, 6.45) is 0. The summed E-state index contributed by atoms with van der Waals surface area (Å²) in [5.74, 6) is -1.34. The Kier molecular flexibility index (Phi) is 5.66. The number of hydrogen-bond donors (Lipinski definition) is 3. The van der Waals surface area contributed by atoms with Gasteiger partial charge in [0.05, 0.1) is 34.2 Å². The quantitative estimate of drug-likeness (QED) is 0.554. The van der Waals surface area contributed by atoms with Gasteiger partial charge in [-0.1, -0.05) is 0 Å². The average Bonchev–Trinajstić information content (AvgIpc) is 3.22. The maximum atomic E-state index is 12.4. The smallest absolute Gasteiger partial charge is 0.252 e. The van der Waals surface area contributed by atoms with Crippen molar-refractivity contribution in [3.63, 3.8) is 0 Å². The molecule has 28 heavy (non-hydrogen) atoms. The molecule has 3 rings (SSSR count). The van der Waals surface area contributed by atoms with Crippen LogP contribution in [-0.2, 0) is 11.4 Å². The molecule has 2 aromatic heterocycles. The number of nitrogens with two attached hydrogens (primary N) is 1. The fourth-order valence-electron chi connectivity index (χ4n) is 3.17.